The van der Waals surface area contributed by atoms with Crippen molar-refractivity contribution in [3.8, 4) is 0 Å². The van der Waals surface area contributed by atoms with Gasteiger partial charge in [0.05, 0.1) is 13.2 Å². The molecule has 0 aromatic heterocycles. The second-order valence-electron chi connectivity index (χ2n) is 4.86. The highest BCUT2D eigenvalue weighted by molar-refractivity contribution is 14.0. The smallest absolute Gasteiger partial charge is 0.191 e. The van der Waals surface area contributed by atoms with Crippen molar-refractivity contribution < 1.29 is 4.74 Å². The number of halogens is 1. The molecule has 1 fully saturated rings. The van der Waals surface area contributed by atoms with E-state index in [0.717, 1.165) is 12.5 Å². The fourth-order valence-electron chi connectivity index (χ4n) is 1.82. The van der Waals surface area contributed by atoms with Gasteiger partial charge in [0, 0.05) is 19.7 Å². The van der Waals surface area contributed by atoms with Crippen LogP contribution in [-0.2, 0) is 17.9 Å². The van der Waals surface area contributed by atoms with Gasteiger partial charge in [-0.2, -0.15) is 0 Å². The molecule has 2 N–H and O–H groups in total. The Labute approximate surface area is 138 Å². The highest BCUT2D eigenvalue weighted by Gasteiger charge is 2.21. The van der Waals surface area contributed by atoms with Gasteiger partial charge in [-0.05, 0) is 30.9 Å². The summed E-state index contributed by atoms with van der Waals surface area (Å²) < 4.78 is 5.10. The first-order valence-corrected chi connectivity index (χ1v) is 6.93. The molecule has 1 aromatic rings. The predicted octanol–water partition coefficient (Wildman–Crippen LogP) is 2.67. The first-order chi connectivity index (χ1) is 9.31. The molecule has 0 amide bonds. The highest BCUT2D eigenvalue weighted by atomic mass is 127. The van der Waals surface area contributed by atoms with Gasteiger partial charge in [0.2, 0.25) is 0 Å². The van der Waals surface area contributed by atoms with Crippen molar-refractivity contribution >= 4 is 29.9 Å². The van der Waals surface area contributed by atoms with E-state index in [9.17, 15) is 0 Å². The molecule has 0 unspecified atom stereocenters. The lowest BCUT2D eigenvalue weighted by atomic mass is 10.1. The van der Waals surface area contributed by atoms with Crippen LogP contribution < -0.4 is 10.6 Å². The van der Waals surface area contributed by atoms with E-state index in [1.807, 2.05) is 0 Å². The number of aliphatic imine (C=N–C) groups is 1. The lowest BCUT2D eigenvalue weighted by Gasteiger charge is -2.10. The second kappa shape index (κ2) is 9.18. The normalized spacial score (nSPS) is 14.6. The van der Waals surface area contributed by atoms with E-state index in [4.69, 9.17) is 4.74 Å². The van der Waals surface area contributed by atoms with Crippen molar-refractivity contribution in [2.75, 3.05) is 13.7 Å². The van der Waals surface area contributed by atoms with Crippen LogP contribution in [0.15, 0.2) is 29.3 Å². The molecule has 1 aliphatic rings. The molecule has 112 valence electrons. The van der Waals surface area contributed by atoms with Gasteiger partial charge in [-0.25, -0.2) is 4.99 Å². The molecule has 20 heavy (non-hydrogen) atoms. The summed E-state index contributed by atoms with van der Waals surface area (Å²) in [5.41, 5.74) is 2.41. The number of benzene rings is 1. The van der Waals surface area contributed by atoms with Crippen LogP contribution in [0.3, 0.4) is 0 Å². The first-order valence-electron chi connectivity index (χ1n) is 6.93. The molecular formula is C15H24IN3O. The number of hydrogen-bond acceptors (Lipinski definition) is 2. The van der Waals surface area contributed by atoms with Gasteiger partial charge in [-0.1, -0.05) is 24.3 Å². The van der Waals surface area contributed by atoms with Gasteiger partial charge in [0.1, 0.15) is 0 Å². The lowest BCUT2D eigenvalue weighted by molar-refractivity contribution is 0.185. The highest BCUT2D eigenvalue weighted by Crippen LogP contribution is 2.18. The minimum Gasteiger partial charge on any atom is -0.380 e. The second-order valence-corrected chi connectivity index (χ2v) is 4.86. The number of ether oxygens (including phenoxy) is 1. The van der Waals surface area contributed by atoms with Crippen molar-refractivity contribution in [2.24, 2.45) is 4.99 Å². The third kappa shape index (κ3) is 6.09. The quantitative estimate of drug-likeness (QED) is 0.447. The largest absolute Gasteiger partial charge is 0.380 e. The van der Waals surface area contributed by atoms with Gasteiger partial charge in [0.15, 0.2) is 5.96 Å². The van der Waals surface area contributed by atoms with E-state index >= 15 is 0 Å². The molecule has 0 heterocycles. The molecule has 0 bridgehead atoms. The molecule has 1 saturated carbocycles. The van der Waals surface area contributed by atoms with E-state index in [1.165, 1.54) is 24.0 Å². The third-order valence-electron chi connectivity index (χ3n) is 3.02. The molecule has 1 aliphatic carbocycles. The number of nitrogens with one attached hydrogen (secondary N) is 2. The molecule has 5 heteroatoms. The van der Waals surface area contributed by atoms with Crippen LogP contribution in [0.25, 0.3) is 0 Å². The SMILES string of the molecule is CCNC(=NCc1ccc(COC)cc1)NC1CC1.I. The molecule has 4 nitrogen and oxygen atoms in total. The van der Waals surface area contributed by atoms with Gasteiger partial charge >= 0.3 is 0 Å². The summed E-state index contributed by atoms with van der Waals surface area (Å²) in [4.78, 5) is 4.60. The van der Waals surface area contributed by atoms with Crippen LogP contribution in [0.1, 0.15) is 30.9 Å². The first kappa shape index (κ1) is 17.2. The van der Waals surface area contributed by atoms with Crippen LogP contribution >= 0.6 is 24.0 Å². The summed E-state index contributed by atoms with van der Waals surface area (Å²) in [5, 5.41) is 6.69. The van der Waals surface area contributed by atoms with Crippen LogP contribution in [0.2, 0.25) is 0 Å². The van der Waals surface area contributed by atoms with E-state index in [-0.39, 0.29) is 24.0 Å². The minimum atomic E-state index is 0. The Morgan fingerprint density at radius 2 is 1.90 bits per heavy atom. The van der Waals surface area contributed by atoms with Gasteiger partial charge in [0.25, 0.3) is 0 Å². The van der Waals surface area contributed by atoms with Crippen LogP contribution in [-0.4, -0.2) is 25.7 Å². The van der Waals surface area contributed by atoms with Gasteiger partial charge in [-0.3, -0.25) is 0 Å². The Hall–Kier alpha value is -0.820. The Morgan fingerprint density at radius 3 is 2.45 bits per heavy atom. The Kier molecular flexibility index (Phi) is 7.91. The van der Waals surface area contributed by atoms with Crippen molar-refractivity contribution in [1.82, 2.24) is 10.6 Å². The molecule has 0 aliphatic heterocycles. The summed E-state index contributed by atoms with van der Waals surface area (Å²) in [5.74, 6) is 0.922. The number of nitrogens with zero attached hydrogens (tertiary/aromatic N) is 1. The fraction of sp³-hybridized carbons (Fsp3) is 0.533. The van der Waals surface area contributed by atoms with Crippen molar-refractivity contribution in [3.05, 3.63) is 35.4 Å². The standard InChI is InChI=1S/C15H23N3O.HI/c1-3-16-15(18-14-8-9-14)17-10-12-4-6-13(7-5-12)11-19-2;/h4-7,14H,3,8-11H2,1-2H3,(H2,16,17,18);1H. The Morgan fingerprint density at radius 1 is 1.25 bits per heavy atom. The van der Waals surface area contributed by atoms with Gasteiger partial charge < -0.3 is 15.4 Å². The average molecular weight is 389 g/mol. The van der Waals surface area contributed by atoms with E-state index in [2.05, 4.69) is 46.8 Å². The summed E-state index contributed by atoms with van der Waals surface area (Å²) >= 11 is 0. The molecule has 0 saturated heterocycles. The van der Waals surface area contributed by atoms with E-state index in [0.29, 0.717) is 19.2 Å². The topological polar surface area (TPSA) is 45.7 Å². The maximum Gasteiger partial charge on any atom is 0.191 e. The maximum absolute atomic E-state index is 5.10. The monoisotopic (exact) mass is 389 g/mol. The average Bonchev–Trinajstić information content (AvgIpc) is 3.22. The molecule has 0 radical (unpaired) electrons. The van der Waals surface area contributed by atoms with Crippen LogP contribution in [0.4, 0.5) is 0 Å². The molecule has 0 atom stereocenters. The number of hydrogen-bond donors (Lipinski definition) is 2. The van der Waals surface area contributed by atoms with Crippen LogP contribution in [0, 0.1) is 0 Å². The summed E-state index contributed by atoms with van der Waals surface area (Å²) in [6, 6.07) is 9.03. The van der Waals surface area contributed by atoms with Crippen molar-refractivity contribution in [3.63, 3.8) is 0 Å². The zero-order valence-electron chi connectivity index (χ0n) is 12.2. The lowest BCUT2D eigenvalue weighted by Crippen LogP contribution is -2.38. The number of methoxy groups -OCH3 is 1. The summed E-state index contributed by atoms with van der Waals surface area (Å²) in [7, 11) is 1.71. The van der Waals surface area contributed by atoms with Crippen LogP contribution in [0.5, 0.6) is 0 Å². The molecule has 2 rings (SSSR count). The Bertz CT molecular complexity index is 416. The molecule has 0 spiro atoms. The van der Waals surface area contributed by atoms with Crippen molar-refractivity contribution in [2.45, 2.75) is 39.0 Å². The zero-order valence-corrected chi connectivity index (χ0v) is 14.5. The summed E-state index contributed by atoms with van der Waals surface area (Å²) in [6.45, 7) is 4.35. The van der Waals surface area contributed by atoms with E-state index in [1.54, 1.807) is 7.11 Å². The zero-order chi connectivity index (χ0) is 13.5. The number of rotatable bonds is 6. The van der Waals surface area contributed by atoms with E-state index < -0.39 is 0 Å². The Balaban J connectivity index is 0.00000200. The minimum absolute atomic E-state index is 0. The number of guanidine groups is 1. The van der Waals surface area contributed by atoms with Crippen molar-refractivity contribution in [1.29, 1.82) is 0 Å². The predicted molar refractivity (Wildman–Crippen MR) is 93.5 cm³/mol. The molecular weight excluding hydrogens is 365 g/mol. The third-order valence-corrected chi connectivity index (χ3v) is 3.02. The molecule has 1 aromatic carbocycles. The summed E-state index contributed by atoms with van der Waals surface area (Å²) in [6.07, 6.45) is 2.52. The fourth-order valence-corrected chi connectivity index (χ4v) is 1.82. The van der Waals surface area contributed by atoms with Gasteiger partial charge in [-0.15, -0.1) is 24.0 Å². The maximum atomic E-state index is 5.10.